The van der Waals surface area contributed by atoms with Crippen LogP contribution in [0.4, 0.5) is 23.2 Å². The van der Waals surface area contributed by atoms with Crippen molar-refractivity contribution in [3.63, 3.8) is 0 Å². The molecule has 0 aliphatic carbocycles. The zero-order chi connectivity index (χ0) is 15.8. The van der Waals surface area contributed by atoms with Gasteiger partial charge in [-0.2, -0.15) is 13.2 Å². The molecule has 0 radical (unpaired) electrons. The highest BCUT2D eigenvalue weighted by Gasteiger charge is 2.31. The first-order chi connectivity index (χ1) is 9.74. The summed E-state index contributed by atoms with van der Waals surface area (Å²) in [5.41, 5.74) is 4.37. The molecule has 2 aromatic rings. The molecule has 0 atom stereocenters. The molecular weight excluding hydrogens is 310 g/mol. The van der Waals surface area contributed by atoms with Crippen LogP contribution in [0, 0.1) is 5.82 Å². The lowest BCUT2D eigenvalue weighted by molar-refractivity contribution is -0.137. The van der Waals surface area contributed by atoms with Crippen LogP contribution in [0.3, 0.4) is 0 Å². The van der Waals surface area contributed by atoms with Crippen molar-refractivity contribution < 1.29 is 27.1 Å². The fourth-order valence-electron chi connectivity index (χ4n) is 1.68. The van der Waals surface area contributed by atoms with E-state index >= 15 is 0 Å². The van der Waals surface area contributed by atoms with E-state index in [2.05, 4.69) is 4.74 Å². The Kier molecular flexibility index (Phi) is 3.91. The summed E-state index contributed by atoms with van der Waals surface area (Å²) in [6, 6.07) is 3.31. The first-order valence-electron chi connectivity index (χ1n) is 5.58. The van der Waals surface area contributed by atoms with E-state index < -0.39 is 23.5 Å². The fraction of sp³-hybridized carbons (Fsp3) is 0.154. The number of nitrogen functional groups attached to an aromatic ring is 1. The number of hydrogen-bond acceptors (Lipinski definition) is 4. The Morgan fingerprint density at radius 1 is 1.29 bits per heavy atom. The molecule has 0 fully saturated rings. The molecule has 2 rings (SSSR count). The normalized spacial score (nSPS) is 11.5. The van der Waals surface area contributed by atoms with Gasteiger partial charge in [-0.25, -0.2) is 9.18 Å². The standard InChI is InChI=1S/C13H9F4NO2S/c1-20-12(19)11-9(18)5-10(21-11)7-4-6(13(15,16)17)2-3-8(7)14/h2-5H,18H2,1H3. The third kappa shape index (κ3) is 2.99. The lowest BCUT2D eigenvalue weighted by atomic mass is 10.1. The van der Waals surface area contributed by atoms with Crippen molar-refractivity contribution in [3.8, 4) is 10.4 Å². The number of hydrogen-bond donors (Lipinski definition) is 1. The van der Waals surface area contributed by atoms with Gasteiger partial charge < -0.3 is 10.5 Å². The molecule has 1 aromatic carbocycles. The second-order valence-electron chi connectivity index (χ2n) is 4.08. The van der Waals surface area contributed by atoms with Crippen molar-refractivity contribution in [2.45, 2.75) is 6.18 Å². The van der Waals surface area contributed by atoms with Gasteiger partial charge in [0, 0.05) is 10.4 Å². The predicted octanol–water partition coefficient (Wildman–Crippen LogP) is 3.94. The summed E-state index contributed by atoms with van der Waals surface area (Å²) in [6.45, 7) is 0. The topological polar surface area (TPSA) is 52.3 Å². The smallest absolute Gasteiger partial charge is 0.416 e. The van der Waals surface area contributed by atoms with Crippen LogP contribution in [0.2, 0.25) is 0 Å². The minimum atomic E-state index is -4.59. The molecule has 0 aliphatic heterocycles. The van der Waals surface area contributed by atoms with Crippen LogP contribution in [-0.4, -0.2) is 13.1 Å². The third-order valence-corrected chi connectivity index (χ3v) is 3.85. The molecule has 0 saturated carbocycles. The Labute approximate surface area is 121 Å². The van der Waals surface area contributed by atoms with Crippen LogP contribution in [0.15, 0.2) is 24.3 Å². The second-order valence-corrected chi connectivity index (χ2v) is 5.13. The summed E-state index contributed by atoms with van der Waals surface area (Å²) in [7, 11) is 1.14. The largest absolute Gasteiger partial charge is 0.465 e. The monoisotopic (exact) mass is 319 g/mol. The highest BCUT2D eigenvalue weighted by atomic mass is 32.1. The van der Waals surface area contributed by atoms with Gasteiger partial charge in [0.15, 0.2) is 0 Å². The molecule has 0 amide bonds. The number of nitrogens with two attached hydrogens (primary N) is 1. The number of carbonyl (C=O) groups excluding carboxylic acids is 1. The van der Waals surface area contributed by atoms with E-state index in [-0.39, 0.29) is 21.0 Å². The van der Waals surface area contributed by atoms with Crippen LogP contribution < -0.4 is 5.73 Å². The number of alkyl halides is 3. The van der Waals surface area contributed by atoms with E-state index in [1.54, 1.807) is 0 Å². The molecule has 0 aliphatic rings. The molecule has 0 spiro atoms. The van der Waals surface area contributed by atoms with E-state index in [1.165, 1.54) is 6.07 Å². The molecule has 8 heteroatoms. The minimum absolute atomic E-state index is 0.0179. The Balaban J connectivity index is 2.54. The molecule has 0 unspecified atom stereocenters. The first kappa shape index (κ1) is 15.3. The number of benzene rings is 1. The van der Waals surface area contributed by atoms with Gasteiger partial charge in [-0.1, -0.05) is 0 Å². The number of methoxy groups -OCH3 is 1. The van der Waals surface area contributed by atoms with Gasteiger partial charge in [-0.05, 0) is 24.3 Å². The Bertz CT molecular complexity index is 694. The first-order valence-corrected chi connectivity index (χ1v) is 6.40. The minimum Gasteiger partial charge on any atom is -0.465 e. The summed E-state index contributed by atoms with van der Waals surface area (Å²) in [5, 5.41) is 0. The number of thiophene rings is 1. The van der Waals surface area contributed by atoms with E-state index in [9.17, 15) is 22.4 Å². The number of carbonyl (C=O) groups is 1. The zero-order valence-corrected chi connectivity index (χ0v) is 11.4. The average Bonchev–Trinajstić information content (AvgIpc) is 2.79. The van der Waals surface area contributed by atoms with E-state index in [0.29, 0.717) is 12.1 Å². The number of rotatable bonds is 2. The van der Waals surface area contributed by atoms with Crippen molar-refractivity contribution in [2.24, 2.45) is 0 Å². The molecule has 1 aromatic heterocycles. The summed E-state index contributed by atoms with van der Waals surface area (Å²) in [4.78, 5) is 11.6. The zero-order valence-electron chi connectivity index (χ0n) is 10.6. The van der Waals surface area contributed by atoms with Gasteiger partial charge >= 0.3 is 12.1 Å². The van der Waals surface area contributed by atoms with Crippen LogP contribution >= 0.6 is 11.3 Å². The maximum Gasteiger partial charge on any atom is 0.416 e. The Hall–Kier alpha value is -2.09. The molecule has 0 bridgehead atoms. The Morgan fingerprint density at radius 3 is 2.52 bits per heavy atom. The van der Waals surface area contributed by atoms with E-state index in [1.807, 2.05) is 0 Å². The predicted molar refractivity (Wildman–Crippen MR) is 70.5 cm³/mol. The third-order valence-electron chi connectivity index (χ3n) is 2.69. The Morgan fingerprint density at radius 2 is 1.95 bits per heavy atom. The van der Waals surface area contributed by atoms with Gasteiger partial charge in [-0.15, -0.1) is 11.3 Å². The molecule has 1 heterocycles. The highest BCUT2D eigenvalue weighted by Crippen LogP contribution is 2.38. The summed E-state index contributed by atoms with van der Waals surface area (Å²) >= 11 is 0.772. The van der Waals surface area contributed by atoms with Crippen molar-refractivity contribution in [2.75, 3.05) is 12.8 Å². The second kappa shape index (κ2) is 5.36. The van der Waals surface area contributed by atoms with E-state index in [0.717, 1.165) is 24.5 Å². The van der Waals surface area contributed by atoms with Crippen LogP contribution in [-0.2, 0) is 10.9 Å². The highest BCUT2D eigenvalue weighted by molar-refractivity contribution is 7.18. The lowest BCUT2D eigenvalue weighted by Gasteiger charge is -2.08. The van der Waals surface area contributed by atoms with E-state index in [4.69, 9.17) is 5.73 Å². The number of ether oxygens (including phenoxy) is 1. The number of esters is 1. The maximum absolute atomic E-state index is 13.7. The van der Waals surface area contributed by atoms with Gasteiger partial charge in [0.1, 0.15) is 10.7 Å². The summed E-state index contributed by atoms with van der Waals surface area (Å²) in [6.07, 6.45) is -4.59. The number of halogens is 4. The molecular formula is C13H9F4NO2S. The van der Waals surface area contributed by atoms with Crippen molar-refractivity contribution in [1.82, 2.24) is 0 Å². The number of anilines is 1. The average molecular weight is 319 g/mol. The van der Waals surface area contributed by atoms with Crippen molar-refractivity contribution >= 4 is 23.0 Å². The summed E-state index contributed by atoms with van der Waals surface area (Å²) < 4.78 is 56.2. The lowest BCUT2D eigenvalue weighted by Crippen LogP contribution is -2.05. The van der Waals surface area contributed by atoms with Crippen molar-refractivity contribution in [3.05, 3.63) is 40.5 Å². The van der Waals surface area contributed by atoms with Gasteiger partial charge in [-0.3, -0.25) is 0 Å². The van der Waals surface area contributed by atoms with Crippen LogP contribution in [0.1, 0.15) is 15.2 Å². The fourth-order valence-corrected chi connectivity index (χ4v) is 2.70. The van der Waals surface area contributed by atoms with Crippen LogP contribution in [0.5, 0.6) is 0 Å². The summed E-state index contributed by atoms with van der Waals surface area (Å²) in [5.74, 6) is -1.56. The molecule has 2 N–H and O–H groups in total. The molecule has 21 heavy (non-hydrogen) atoms. The SMILES string of the molecule is COC(=O)c1sc(-c2cc(C(F)(F)F)ccc2F)cc1N. The molecule has 112 valence electrons. The van der Waals surface area contributed by atoms with Gasteiger partial charge in [0.25, 0.3) is 0 Å². The van der Waals surface area contributed by atoms with Crippen molar-refractivity contribution in [1.29, 1.82) is 0 Å². The van der Waals surface area contributed by atoms with Crippen LogP contribution in [0.25, 0.3) is 10.4 Å². The quantitative estimate of drug-likeness (QED) is 0.674. The molecule has 3 nitrogen and oxygen atoms in total. The van der Waals surface area contributed by atoms with Gasteiger partial charge in [0.2, 0.25) is 0 Å². The molecule has 0 saturated heterocycles. The van der Waals surface area contributed by atoms with Gasteiger partial charge in [0.05, 0.1) is 18.4 Å². The maximum atomic E-state index is 13.7.